The van der Waals surface area contributed by atoms with E-state index in [-0.39, 0.29) is 0 Å². The maximum absolute atomic E-state index is 12.4. The topological polar surface area (TPSA) is 146 Å². The van der Waals surface area contributed by atoms with Crippen LogP contribution in [0.2, 0.25) is 34.9 Å². The van der Waals surface area contributed by atoms with Gasteiger partial charge in [-0.2, -0.15) is 0 Å². The van der Waals surface area contributed by atoms with Crippen molar-refractivity contribution < 1.29 is 19.1 Å². The van der Waals surface area contributed by atoms with E-state index in [4.69, 9.17) is 55.9 Å². The molecule has 12 nitrogen and oxygen atoms in total. The molecule has 8 aromatic rings. The molecule has 0 aliphatic carbocycles. The molecule has 8 aromatic heterocycles. The molecule has 8 rings (SSSR count). The molecule has 0 amide bonds. The molecule has 0 saturated heterocycles. The summed E-state index contributed by atoms with van der Waals surface area (Å²) >= 11 is 25.4. The van der Waals surface area contributed by atoms with Crippen molar-refractivity contribution in [3.05, 3.63) is 107 Å². The van der Waals surface area contributed by atoms with E-state index in [0.29, 0.717) is 31.4 Å². The minimum atomic E-state index is -2.40. The molecule has 0 aromatic carbocycles. The van der Waals surface area contributed by atoms with Crippen LogP contribution in [-0.4, -0.2) is 80.8 Å². The average molecular weight is 1230 g/mol. The van der Waals surface area contributed by atoms with Crippen LogP contribution in [0.3, 0.4) is 0 Å². The SMILES string of the molecule is CC(C)(C)OC(=O)n1c[c]([Sn]([CH3])([CH3])[CH3])c2cc(Cl)cnc21.CC(C)(C)OC(=O)n1cc(I)c2cc(Cl)cnc21.Clc1cnc2[nH]cc(I)c2c1.Clc1cnc2[nH]ccc2c1. The van der Waals surface area contributed by atoms with Crippen molar-refractivity contribution in [2.75, 3.05) is 0 Å². The number of aromatic nitrogens is 8. The van der Waals surface area contributed by atoms with Crippen LogP contribution in [0, 0.1) is 7.14 Å². The molecular weight excluding hydrogens is 1180 g/mol. The van der Waals surface area contributed by atoms with Gasteiger partial charge in [0.15, 0.2) is 5.65 Å². The van der Waals surface area contributed by atoms with E-state index in [2.05, 4.69) is 89.9 Å². The fourth-order valence-electron chi connectivity index (χ4n) is 5.48. The molecular formula is C41H42Cl4I2N8O4Sn. The smallest absolute Gasteiger partial charge is 0.420 e. The molecule has 2 N–H and O–H groups in total. The number of pyridine rings is 4. The minimum Gasteiger partial charge on any atom is -0.443 e. The van der Waals surface area contributed by atoms with E-state index in [1.807, 2.05) is 84.4 Å². The van der Waals surface area contributed by atoms with E-state index in [9.17, 15) is 9.59 Å². The largest absolute Gasteiger partial charge is 0.443 e. The van der Waals surface area contributed by atoms with Crippen molar-refractivity contribution in [2.45, 2.75) is 67.6 Å². The number of halogens is 6. The van der Waals surface area contributed by atoms with Gasteiger partial charge in [0.1, 0.15) is 16.9 Å². The molecule has 0 radical (unpaired) electrons. The zero-order valence-electron chi connectivity index (χ0n) is 34.1. The van der Waals surface area contributed by atoms with Crippen molar-refractivity contribution in [1.82, 2.24) is 39.0 Å². The van der Waals surface area contributed by atoms with Crippen LogP contribution in [-0.2, 0) is 9.47 Å². The summed E-state index contributed by atoms with van der Waals surface area (Å²) in [6.45, 7) is 11.0. The van der Waals surface area contributed by atoms with Gasteiger partial charge in [0, 0.05) is 60.5 Å². The number of hydrogen-bond acceptors (Lipinski definition) is 8. The Bertz CT molecular complexity index is 2820. The van der Waals surface area contributed by atoms with Crippen LogP contribution < -0.4 is 3.58 Å². The van der Waals surface area contributed by atoms with Gasteiger partial charge in [-0.3, -0.25) is 0 Å². The van der Waals surface area contributed by atoms with Gasteiger partial charge in [-0.1, -0.05) is 34.8 Å². The van der Waals surface area contributed by atoms with Crippen molar-refractivity contribution in [3.8, 4) is 0 Å². The van der Waals surface area contributed by atoms with E-state index >= 15 is 0 Å². The number of fused-ring (bicyclic) bond motifs is 4. The second kappa shape index (κ2) is 19.7. The first-order chi connectivity index (χ1) is 27.9. The summed E-state index contributed by atoms with van der Waals surface area (Å²) < 4.78 is 17.0. The van der Waals surface area contributed by atoms with Gasteiger partial charge < -0.3 is 14.7 Å². The molecule has 0 spiro atoms. The third-order valence-electron chi connectivity index (χ3n) is 7.97. The Labute approximate surface area is 398 Å². The van der Waals surface area contributed by atoms with Crippen LogP contribution in [0.5, 0.6) is 0 Å². The summed E-state index contributed by atoms with van der Waals surface area (Å²) in [6.07, 6.45) is 12.8. The maximum Gasteiger partial charge on any atom is 0.420 e. The summed E-state index contributed by atoms with van der Waals surface area (Å²) in [6, 6.07) is 9.39. The van der Waals surface area contributed by atoms with E-state index < -0.39 is 41.8 Å². The predicted molar refractivity (Wildman–Crippen MR) is 263 cm³/mol. The molecule has 0 saturated carbocycles. The van der Waals surface area contributed by atoms with Crippen LogP contribution in [0.1, 0.15) is 41.5 Å². The number of rotatable bonds is 1. The van der Waals surface area contributed by atoms with Gasteiger partial charge in [0.05, 0.1) is 15.1 Å². The Morgan fingerprint density at radius 3 is 1.65 bits per heavy atom. The molecule has 0 fully saturated rings. The number of hydrogen-bond donors (Lipinski definition) is 2. The summed E-state index contributed by atoms with van der Waals surface area (Å²) in [5.74, 6) is 0. The monoisotopic (exact) mass is 1220 g/mol. The number of nitrogens with one attached hydrogen (secondary N) is 2. The summed E-state index contributed by atoms with van der Waals surface area (Å²) in [7, 11) is 0. The zero-order valence-corrected chi connectivity index (χ0v) is 44.3. The Morgan fingerprint density at radius 1 is 0.633 bits per heavy atom. The molecule has 316 valence electrons. The fraction of sp³-hybridized carbons (Fsp3) is 0.268. The first-order valence-electron chi connectivity index (χ1n) is 18.2. The Morgan fingerprint density at radius 2 is 1.10 bits per heavy atom. The summed E-state index contributed by atoms with van der Waals surface area (Å²) in [4.78, 5) is 54.0. The number of carbonyl (C=O) groups excluding carboxylic acids is 2. The van der Waals surface area contributed by atoms with Crippen LogP contribution in [0.25, 0.3) is 44.1 Å². The molecule has 0 atom stereocenters. The van der Waals surface area contributed by atoms with Gasteiger partial charge in [0.25, 0.3) is 0 Å². The van der Waals surface area contributed by atoms with Gasteiger partial charge >= 0.3 is 141 Å². The minimum absolute atomic E-state index is 0.399. The molecule has 0 bridgehead atoms. The number of H-pyrrole nitrogens is 2. The third-order valence-corrected chi connectivity index (χ3v) is 16.3. The van der Waals surface area contributed by atoms with Crippen molar-refractivity contribution in [1.29, 1.82) is 0 Å². The number of carbonyl (C=O) groups is 2. The predicted octanol–water partition coefficient (Wildman–Crippen LogP) is 13.1. The van der Waals surface area contributed by atoms with E-state index in [0.717, 1.165) is 40.0 Å². The quantitative estimate of drug-likeness (QED) is 0.122. The first kappa shape index (κ1) is 48.2. The van der Waals surface area contributed by atoms with Crippen molar-refractivity contribution in [2.24, 2.45) is 0 Å². The number of ether oxygens (including phenoxy) is 2. The van der Waals surface area contributed by atoms with E-state index in [1.165, 1.54) is 18.9 Å². The number of nitrogens with zero attached hydrogens (tertiary/aromatic N) is 6. The second-order valence-electron chi connectivity index (χ2n) is 16.3. The standard InChI is InChI=1S/C12H12ClIN2O2.C12H12ClN2O2.C7H4ClIN2.C7H5ClN2.3CH3.Sn/c1-12(2,3)18-11(17)16-6-9(14)8-4-7(13)5-15-10(8)16;1-12(2,3)17-11(16)15-5-4-8-6-9(13)7-14-10(8)15;8-4-1-5-6(9)3-11-7(5)10-2-4;8-6-3-5-1-2-9-7(5)10-4-6;;;;/h4-6H,1-3H3;5-7H,1-3H3;1-3H,(H,10,11);1-4H,(H,9,10);3*1H3;. The molecule has 19 heteroatoms. The van der Waals surface area contributed by atoms with Crippen LogP contribution in [0.4, 0.5) is 9.59 Å². The Kier molecular flexibility index (Phi) is 15.8. The van der Waals surface area contributed by atoms with Gasteiger partial charge in [-0.25, -0.2) is 24.3 Å². The van der Waals surface area contributed by atoms with Gasteiger partial charge in [-0.15, -0.1) is 0 Å². The molecule has 0 aliphatic heterocycles. The summed E-state index contributed by atoms with van der Waals surface area (Å²) in [5.41, 5.74) is 1.87. The molecule has 8 heterocycles. The average Bonchev–Trinajstić information content (AvgIpc) is 3.92. The molecule has 0 unspecified atom stereocenters. The van der Waals surface area contributed by atoms with Crippen molar-refractivity contribution in [3.63, 3.8) is 0 Å². The van der Waals surface area contributed by atoms with Crippen molar-refractivity contribution >= 4 is 170 Å². The van der Waals surface area contributed by atoms with Crippen LogP contribution in [0.15, 0.2) is 79.9 Å². The zero-order chi connectivity index (χ0) is 44.3. The first-order valence-corrected chi connectivity index (χ1v) is 31.9. The fourth-order valence-corrected chi connectivity index (χ4v) is 11.7. The third kappa shape index (κ3) is 12.8. The van der Waals surface area contributed by atoms with Gasteiger partial charge in [-0.05, 0) is 90.2 Å². The van der Waals surface area contributed by atoms with Gasteiger partial charge in [0.2, 0.25) is 0 Å². The van der Waals surface area contributed by atoms with Crippen LogP contribution >= 0.6 is 91.6 Å². The number of aromatic amines is 2. The second-order valence-corrected chi connectivity index (χ2v) is 34.7. The molecule has 0 aliphatic rings. The molecule has 60 heavy (non-hydrogen) atoms. The Balaban J connectivity index is 0.000000158. The summed E-state index contributed by atoms with van der Waals surface area (Å²) in [5, 5.41) is 6.42. The maximum atomic E-state index is 12.4. The van der Waals surface area contributed by atoms with E-state index in [1.54, 1.807) is 30.9 Å². The Hall–Kier alpha value is -2.88. The normalized spacial score (nSPS) is 11.7.